The van der Waals surface area contributed by atoms with Gasteiger partial charge in [-0.2, -0.15) is 0 Å². The number of hydrogen-bond donors (Lipinski definition) is 1. The molecule has 2 heterocycles. The van der Waals surface area contributed by atoms with Crippen LogP contribution in [-0.2, 0) is 16.4 Å². The van der Waals surface area contributed by atoms with Crippen molar-refractivity contribution in [3.8, 4) is 11.3 Å². The first-order valence-corrected chi connectivity index (χ1v) is 9.91. The summed E-state index contributed by atoms with van der Waals surface area (Å²) in [6, 6.07) is 10.5. The van der Waals surface area contributed by atoms with E-state index >= 15 is 0 Å². The number of carbonyl (C=O) groups is 1. The van der Waals surface area contributed by atoms with Gasteiger partial charge in [-0.25, -0.2) is 17.5 Å². The first-order valence-electron chi connectivity index (χ1n) is 8.07. The molecule has 7 heteroatoms. The summed E-state index contributed by atoms with van der Waals surface area (Å²) < 4.78 is 24.8. The quantitative estimate of drug-likeness (QED) is 0.884. The molecule has 0 unspecified atom stereocenters. The maximum atomic E-state index is 11.6. The number of hydrogen-bond acceptors (Lipinski definition) is 4. The predicted octanol–water partition coefficient (Wildman–Crippen LogP) is 2.27. The van der Waals surface area contributed by atoms with Crippen LogP contribution in [0.1, 0.15) is 22.3 Å². The number of carboxylic acids is 1. The van der Waals surface area contributed by atoms with E-state index in [0.29, 0.717) is 19.0 Å². The first kappa shape index (κ1) is 17.6. The Kier molecular flexibility index (Phi) is 4.87. The molecule has 1 aliphatic heterocycles. The monoisotopic (exact) mass is 360 g/mol. The summed E-state index contributed by atoms with van der Waals surface area (Å²) in [5.74, 6) is -0.649. The van der Waals surface area contributed by atoms with E-state index < -0.39 is 16.0 Å². The van der Waals surface area contributed by atoms with Gasteiger partial charge in [0, 0.05) is 24.8 Å². The van der Waals surface area contributed by atoms with Gasteiger partial charge >= 0.3 is 5.97 Å². The molecule has 3 rings (SSSR count). The highest BCUT2D eigenvalue weighted by molar-refractivity contribution is 7.88. The van der Waals surface area contributed by atoms with Crippen molar-refractivity contribution in [1.29, 1.82) is 0 Å². The highest BCUT2D eigenvalue weighted by Gasteiger charge is 2.28. The van der Waals surface area contributed by atoms with E-state index in [9.17, 15) is 13.2 Å². The van der Waals surface area contributed by atoms with Crippen LogP contribution in [0.3, 0.4) is 0 Å². The number of aromatic carboxylic acids is 1. The fraction of sp³-hybridized carbons (Fsp3) is 0.333. The van der Waals surface area contributed by atoms with Gasteiger partial charge in [0.1, 0.15) is 0 Å². The van der Waals surface area contributed by atoms with Gasteiger partial charge in [-0.05, 0) is 48.6 Å². The van der Waals surface area contributed by atoms with Crippen LogP contribution in [0.4, 0.5) is 0 Å². The van der Waals surface area contributed by atoms with Crippen LogP contribution < -0.4 is 0 Å². The molecule has 1 aliphatic rings. The van der Waals surface area contributed by atoms with E-state index in [1.807, 2.05) is 12.1 Å². The zero-order valence-corrected chi connectivity index (χ0v) is 14.7. The summed E-state index contributed by atoms with van der Waals surface area (Å²) in [5.41, 5.74) is 2.99. The van der Waals surface area contributed by atoms with E-state index in [2.05, 4.69) is 4.98 Å². The largest absolute Gasteiger partial charge is 0.478 e. The highest BCUT2D eigenvalue weighted by atomic mass is 32.2. The number of nitrogens with zero attached hydrogens (tertiary/aromatic N) is 2. The third kappa shape index (κ3) is 4.24. The number of carboxylic acid groups (broad SMARTS) is 1. The molecule has 1 atom stereocenters. The highest BCUT2D eigenvalue weighted by Crippen LogP contribution is 2.25. The molecule has 25 heavy (non-hydrogen) atoms. The summed E-state index contributed by atoms with van der Waals surface area (Å²) in [6.45, 7) is 1.14. The van der Waals surface area contributed by atoms with Gasteiger partial charge in [0.05, 0.1) is 17.5 Å². The number of rotatable bonds is 5. The SMILES string of the molecule is CS(=O)(=O)N1CC[C@H](Cc2ccnc(-c3ccc(C(=O)O)cc3)c2)C1. The standard InChI is InChI=1S/C18H20N2O4S/c1-25(23,24)20-9-7-14(12-20)10-13-6-8-19-17(11-13)15-2-4-16(5-3-15)18(21)22/h2-6,8,11,14H,7,9-10,12H2,1H3,(H,21,22)/t14-/m1/s1. The third-order valence-corrected chi connectivity index (χ3v) is 5.76. The Balaban J connectivity index is 1.73. The number of benzene rings is 1. The lowest BCUT2D eigenvalue weighted by atomic mass is 9.98. The van der Waals surface area contributed by atoms with Gasteiger partial charge < -0.3 is 5.11 Å². The zero-order valence-electron chi connectivity index (χ0n) is 13.9. The van der Waals surface area contributed by atoms with Crippen LogP contribution in [0.15, 0.2) is 42.6 Å². The summed E-state index contributed by atoms with van der Waals surface area (Å²) in [4.78, 5) is 15.3. The molecule has 0 radical (unpaired) electrons. The number of pyridine rings is 1. The van der Waals surface area contributed by atoms with Crippen molar-refractivity contribution in [1.82, 2.24) is 9.29 Å². The molecule has 0 spiro atoms. The second kappa shape index (κ2) is 6.93. The van der Waals surface area contributed by atoms with Crippen LogP contribution in [-0.4, -0.2) is 48.1 Å². The molecule has 1 fully saturated rings. The fourth-order valence-corrected chi connectivity index (χ4v) is 4.06. The van der Waals surface area contributed by atoms with Gasteiger partial charge in [-0.3, -0.25) is 4.98 Å². The summed E-state index contributed by atoms with van der Waals surface area (Å²) >= 11 is 0. The Bertz CT molecular complexity index is 878. The normalized spacial score (nSPS) is 18.4. The van der Waals surface area contributed by atoms with Gasteiger partial charge in [0.2, 0.25) is 10.0 Å². The number of sulfonamides is 1. The molecule has 0 aliphatic carbocycles. The minimum Gasteiger partial charge on any atom is -0.478 e. The third-order valence-electron chi connectivity index (χ3n) is 4.49. The minimum absolute atomic E-state index is 0.242. The van der Waals surface area contributed by atoms with E-state index in [0.717, 1.165) is 29.7 Å². The van der Waals surface area contributed by atoms with Crippen LogP contribution in [0.5, 0.6) is 0 Å². The van der Waals surface area contributed by atoms with Gasteiger partial charge in [-0.1, -0.05) is 12.1 Å². The number of aromatic nitrogens is 1. The summed E-state index contributed by atoms with van der Waals surface area (Å²) in [5, 5.41) is 8.97. The van der Waals surface area contributed by atoms with E-state index in [4.69, 9.17) is 5.11 Å². The van der Waals surface area contributed by atoms with Crippen molar-refractivity contribution >= 4 is 16.0 Å². The Morgan fingerprint density at radius 2 is 2.00 bits per heavy atom. The average Bonchev–Trinajstić information content (AvgIpc) is 3.04. The molecule has 6 nitrogen and oxygen atoms in total. The lowest BCUT2D eigenvalue weighted by molar-refractivity contribution is 0.0697. The second-order valence-corrected chi connectivity index (χ2v) is 8.39. The van der Waals surface area contributed by atoms with Gasteiger partial charge in [0.15, 0.2) is 0 Å². The molecule has 132 valence electrons. The van der Waals surface area contributed by atoms with Crippen molar-refractivity contribution in [3.63, 3.8) is 0 Å². The Morgan fingerprint density at radius 3 is 2.60 bits per heavy atom. The van der Waals surface area contributed by atoms with E-state index in [1.165, 1.54) is 10.6 Å². The van der Waals surface area contributed by atoms with Crippen molar-refractivity contribution in [2.45, 2.75) is 12.8 Å². The zero-order chi connectivity index (χ0) is 18.0. The molecule has 2 aromatic rings. The molecule has 1 aromatic heterocycles. The lowest BCUT2D eigenvalue weighted by Crippen LogP contribution is -2.27. The summed E-state index contributed by atoms with van der Waals surface area (Å²) in [6.07, 6.45) is 4.65. The second-order valence-electron chi connectivity index (χ2n) is 6.41. The van der Waals surface area contributed by atoms with Crippen LogP contribution in [0.25, 0.3) is 11.3 Å². The maximum absolute atomic E-state index is 11.6. The van der Waals surface area contributed by atoms with Crippen molar-refractivity contribution in [2.24, 2.45) is 5.92 Å². The van der Waals surface area contributed by atoms with E-state index in [1.54, 1.807) is 30.5 Å². The van der Waals surface area contributed by atoms with Crippen molar-refractivity contribution in [3.05, 3.63) is 53.7 Å². The Morgan fingerprint density at radius 1 is 1.28 bits per heavy atom. The maximum Gasteiger partial charge on any atom is 0.335 e. The first-order chi connectivity index (χ1) is 11.8. The topological polar surface area (TPSA) is 87.6 Å². The van der Waals surface area contributed by atoms with Gasteiger partial charge in [0.25, 0.3) is 0 Å². The lowest BCUT2D eigenvalue weighted by Gasteiger charge is -2.13. The molecule has 1 N–H and O–H groups in total. The van der Waals surface area contributed by atoms with E-state index in [-0.39, 0.29) is 5.56 Å². The molecule has 1 aromatic carbocycles. The van der Waals surface area contributed by atoms with Crippen LogP contribution >= 0.6 is 0 Å². The minimum atomic E-state index is -3.12. The fourth-order valence-electron chi connectivity index (χ4n) is 3.14. The smallest absolute Gasteiger partial charge is 0.335 e. The van der Waals surface area contributed by atoms with Crippen LogP contribution in [0, 0.1) is 5.92 Å². The summed E-state index contributed by atoms with van der Waals surface area (Å²) in [7, 11) is -3.12. The molecule has 0 amide bonds. The van der Waals surface area contributed by atoms with Crippen LogP contribution in [0.2, 0.25) is 0 Å². The Labute approximate surface area is 147 Å². The molecule has 0 bridgehead atoms. The predicted molar refractivity (Wildman–Crippen MR) is 94.9 cm³/mol. The molecule has 1 saturated heterocycles. The van der Waals surface area contributed by atoms with Crippen molar-refractivity contribution < 1.29 is 18.3 Å². The molecular weight excluding hydrogens is 340 g/mol. The van der Waals surface area contributed by atoms with Crippen molar-refractivity contribution in [2.75, 3.05) is 19.3 Å². The molecular formula is C18H20N2O4S. The Hall–Kier alpha value is -2.25. The average molecular weight is 360 g/mol. The van der Waals surface area contributed by atoms with Gasteiger partial charge in [-0.15, -0.1) is 0 Å². The molecule has 0 saturated carbocycles.